The molecule has 6 heteroatoms. The number of halogens is 1. The highest BCUT2D eigenvalue weighted by Crippen LogP contribution is 2.25. The minimum absolute atomic E-state index is 0.286. The van der Waals surface area contributed by atoms with Gasteiger partial charge in [-0.05, 0) is 36.2 Å². The average Bonchev–Trinajstić information content (AvgIpc) is 2.63. The van der Waals surface area contributed by atoms with Crippen LogP contribution < -0.4 is 15.8 Å². The van der Waals surface area contributed by atoms with Gasteiger partial charge in [0.25, 0.3) is 0 Å². The molecule has 0 fully saturated rings. The summed E-state index contributed by atoms with van der Waals surface area (Å²) in [5.41, 5.74) is 7.65. The summed E-state index contributed by atoms with van der Waals surface area (Å²) < 4.78 is 23.6. The van der Waals surface area contributed by atoms with Crippen LogP contribution in [-0.2, 0) is 11.3 Å². The van der Waals surface area contributed by atoms with Crippen molar-refractivity contribution < 1.29 is 18.7 Å². The molecule has 26 heavy (non-hydrogen) atoms. The molecule has 2 aromatic rings. The lowest BCUT2D eigenvalue weighted by molar-refractivity contribution is 0.159. The second-order valence-corrected chi connectivity index (χ2v) is 5.99. The first-order chi connectivity index (χ1) is 12.6. The molecule has 140 valence electrons. The minimum atomic E-state index is -0.520. The van der Waals surface area contributed by atoms with Gasteiger partial charge in [0, 0.05) is 6.07 Å². The SMILES string of the molecule is CCCCCCOC(=O)Nc1ccc(OCc2ccc(F)cc2)cc1N. The van der Waals surface area contributed by atoms with E-state index in [-0.39, 0.29) is 5.82 Å². The summed E-state index contributed by atoms with van der Waals surface area (Å²) in [5, 5.41) is 2.62. The molecule has 2 rings (SSSR count). The van der Waals surface area contributed by atoms with Gasteiger partial charge in [0.1, 0.15) is 18.2 Å². The largest absolute Gasteiger partial charge is 0.489 e. The molecule has 0 heterocycles. The molecule has 0 saturated carbocycles. The van der Waals surface area contributed by atoms with Crippen molar-refractivity contribution in [2.24, 2.45) is 0 Å². The predicted octanol–water partition coefficient (Wildman–Crippen LogP) is 5.12. The fourth-order valence-electron chi connectivity index (χ4n) is 2.33. The quantitative estimate of drug-likeness (QED) is 0.481. The summed E-state index contributed by atoms with van der Waals surface area (Å²) >= 11 is 0. The molecule has 5 nitrogen and oxygen atoms in total. The molecule has 0 aliphatic heterocycles. The summed E-state index contributed by atoms with van der Waals surface area (Å²) in [6.07, 6.45) is 3.65. The molecular formula is C20H25FN2O3. The van der Waals surface area contributed by atoms with E-state index >= 15 is 0 Å². The molecule has 0 aromatic heterocycles. The van der Waals surface area contributed by atoms with Crippen LogP contribution in [0, 0.1) is 5.82 Å². The van der Waals surface area contributed by atoms with Gasteiger partial charge in [-0.15, -0.1) is 0 Å². The number of unbranched alkanes of at least 4 members (excludes halogenated alkanes) is 3. The highest BCUT2D eigenvalue weighted by molar-refractivity contribution is 5.89. The number of nitrogens with one attached hydrogen (secondary N) is 1. The first-order valence-corrected chi connectivity index (χ1v) is 8.79. The van der Waals surface area contributed by atoms with Gasteiger partial charge < -0.3 is 15.2 Å². The van der Waals surface area contributed by atoms with E-state index in [2.05, 4.69) is 12.2 Å². The van der Waals surface area contributed by atoms with Crippen molar-refractivity contribution in [3.8, 4) is 5.75 Å². The van der Waals surface area contributed by atoms with Crippen molar-refractivity contribution in [1.29, 1.82) is 0 Å². The third-order valence-electron chi connectivity index (χ3n) is 3.81. The summed E-state index contributed by atoms with van der Waals surface area (Å²) in [4.78, 5) is 11.8. The number of ether oxygens (including phenoxy) is 2. The van der Waals surface area contributed by atoms with Crippen LogP contribution >= 0.6 is 0 Å². The van der Waals surface area contributed by atoms with Crippen LogP contribution in [0.3, 0.4) is 0 Å². The molecule has 0 radical (unpaired) electrons. The second kappa shape index (κ2) is 10.3. The van der Waals surface area contributed by atoms with Gasteiger partial charge in [-0.25, -0.2) is 9.18 Å². The Hall–Kier alpha value is -2.76. The van der Waals surface area contributed by atoms with Crippen LogP contribution in [0.5, 0.6) is 5.75 Å². The van der Waals surface area contributed by atoms with Crippen LogP contribution in [-0.4, -0.2) is 12.7 Å². The number of nitrogens with two attached hydrogens (primary N) is 1. The Morgan fingerprint density at radius 1 is 1.12 bits per heavy atom. The van der Waals surface area contributed by atoms with E-state index in [1.165, 1.54) is 12.1 Å². The van der Waals surface area contributed by atoms with Gasteiger partial charge in [0.15, 0.2) is 0 Å². The van der Waals surface area contributed by atoms with E-state index in [1.54, 1.807) is 30.3 Å². The summed E-state index contributed by atoms with van der Waals surface area (Å²) in [6.45, 7) is 2.82. The van der Waals surface area contributed by atoms with Crippen LogP contribution in [0.25, 0.3) is 0 Å². The smallest absolute Gasteiger partial charge is 0.411 e. The Morgan fingerprint density at radius 3 is 2.58 bits per heavy atom. The molecule has 3 N–H and O–H groups in total. The number of benzene rings is 2. The van der Waals surface area contributed by atoms with Gasteiger partial charge in [0.05, 0.1) is 18.0 Å². The Bertz CT molecular complexity index is 705. The monoisotopic (exact) mass is 360 g/mol. The van der Waals surface area contributed by atoms with Crippen LogP contribution in [0.1, 0.15) is 38.2 Å². The first kappa shape index (κ1) is 19.6. The number of amides is 1. The predicted molar refractivity (Wildman–Crippen MR) is 101 cm³/mol. The number of carbonyl (C=O) groups excluding carboxylic acids is 1. The third kappa shape index (κ3) is 6.63. The zero-order valence-electron chi connectivity index (χ0n) is 15.0. The number of rotatable bonds is 9. The van der Waals surface area contributed by atoms with Crippen LogP contribution in [0.15, 0.2) is 42.5 Å². The minimum Gasteiger partial charge on any atom is -0.489 e. The zero-order valence-corrected chi connectivity index (χ0v) is 15.0. The van der Waals surface area contributed by atoms with Gasteiger partial charge in [-0.1, -0.05) is 38.3 Å². The summed E-state index contributed by atoms with van der Waals surface area (Å²) in [7, 11) is 0. The Balaban J connectivity index is 1.80. The number of hydrogen-bond donors (Lipinski definition) is 2. The van der Waals surface area contributed by atoms with E-state index in [0.29, 0.717) is 30.3 Å². The fraction of sp³-hybridized carbons (Fsp3) is 0.350. The number of carbonyl (C=O) groups is 1. The zero-order chi connectivity index (χ0) is 18.8. The molecule has 0 bridgehead atoms. The topological polar surface area (TPSA) is 73.6 Å². The third-order valence-corrected chi connectivity index (χ3v) is 3.81. The van der Waals surface area contributed by atoms with Gasteiger partial charge >= 0.3 is 6.09 Å². The van der Waals surface area contributed by atoms with Gasteiger partial charge in [-0.3, -0.25) is 5.32 Å². The highest BCUT2D eigenvalue weighted by Gasteiger charge is 2.07. The molecule has 0 aliphatic carbocycles. The molecule has 1 amide bonds. The molecular weight excluding hydrogens is 335 g/mol. The molecule has 0 atom stereocenters. The van der Waals surface area contributed by atoms with Crippen molar-refractivity contribution in [3.05, 3.63) is 53.8 Å². The number of nitrogen functional groups attached to an aromatic ring is 1. The molecule has 0 unspecified atom stereocenters. The van der Waals surface area contributed by atoms with E-state index in [9.17, 15) is 9.18 Å². The van der Waals surface area contributed by atoms with E-state index in [4.69, 9.17) is 15.2 Å². The average molecular weight is 360 g/mol. The standard InChI is InChI=1S/C20H25FN2O3/c1-2-3-4-5-12-25-20(24)23-19-11-10-17(13-18(19)22)26-14-15-6-8-16(21)9-7-15/h6-11,13H,2-5,12,14,22H2,1H3,(H,23,24). The van der Waals surface area contributed by atoms with Crippen molar-refractivity contribution in [1.82, 2.24) is 0 Å². The lowest BCUT2D eigenvalue weighted by atomic mass is 10.2. The summed E-state index contributed by atoms with van der Waals surface area (Å²) in [5.74, 6) is 0.274. The maximum absolute atomic E-state index is 12.9. The number of anilines is 2. The first-order valence-electron chi connectivity index (χ1n) is 8.79. The molecule has 0 saturated heterocycles. The Labute approximate surface area is 153 Å². The normalized spacial score (nSPS) is 10.4. The lowest BCUT2D eigenvalue weighted by Gasteiger charge is -2.11. The maximum Gasteiger partial charge on any atom is 0.411 e. The maximum atomic E-state index is 12.9. The van der Waals surface area contributed by atoms with Crippen molar-refractivity contribution in [2.75, 3.05) is 17.7 Å². The van der Waals surface area contributed by atoms with E-state index in [0.717, 1.165) is 31.2 Å². The second-order valence-electron chi connectivity index (χ2n) is 5.99. The fourth-order valence-corrected chi connectivity index (χ4v) is 2.33. The van der Waals surface area contributed by atoms with Crippen molar-refractivity contribution >= 4 is 17.5 Å². The van der Waals surface area contributed by atoms with E-state index in [1.807, 2.05) is 0 Å². The molecule has 0 aliphatic rings. The van der Waals surface area contributed by atoms with Crippen LogP contribution in [0.2, 0.25) is 0 Å². The molecule has 0 spiro atoms. The molecule has 2 aromatic carbocycles. The Kier molecular flexibility index (Phi) is 7.74. The van der Waals surface area contributed by atoms with Crippen molar-refractivity contribution in [2.45, 2.75) is 39.2 Å². The number of hydrogen-bond acceptors (Lipinski definition) is 4. The van der Waals surface area contributed by atoms with Gasteiger partial charge in [-0.2, -0.15) is 0 Å². The lowest BCUT2D eigenvalue weighted by Crippen LogP contribution is -2.15. The highest BCUT2D eigenvalue weighted by atomic mass is 19.1. The van der Waals surface area contributed by atoms with Crippen LogP contribution in [0.4, 0.5) is 20.6 Å². The Morgan fingerprint density at radius 2 is 1.88 bits per heavy atom. The summed E-state index contributed by atoms with van der Waals surface area (Å²) in [6, 6.07) is 11.1. The van der Waals surface area contributed by atoms with E-state index < -0.39 is 6.09 Å². The van der Waals surface area contributed by atoms with Crippen molar-refractivity contribution in [3.63, 3.8) is 0 Å². The van der Waals surface area contributed by atoms with Gasteiger partial charge in [0.2, 0.25) is 0 Å².